The largest absolute Gasteiger partial charge is 0.492 e. The summed E-state index contributed by atoms with van der Waals surface area (Å²) in [6.45, 7) is 0.979. The third kappa shape index (κ3) is 3.85. The summed E-state index contributed by atoms with van der Waals surface area (Å²) >= 11 is 6.15. The van der Waals surface area contributed by atoms with Gasteiger partial charge in [-0.25, -0.2) is 4.98 Å². The minimum atomic E-state index is -0.300. The van der Waals surface area contributed by atoms with Crippen molar-refractivity contribution < 1.29 is 9.53 Å². The first-order chi connectivity index (χ1) is 13.7. The smallest absolute Gasteiger partial charge is 0.259 e. The second-order valence-electron chi connectivity index (χ2n) is 6.17. The van der Waals surface area contributed by atoms with Gasteiger partial charge in [0.2, 0.25) is 5.95 Å². The van der Waals surface area contributed by atoms with Crippen molar-refractivity contribution in [3.05, 3.63) is 89.4 Å². The Bertz CT molecular complexity index is 1110. The van der Waals surface area contributed by atoms with E-state index in [-0.39, 0.29) is 5.91 Å². The molecule has 1 amide bonds. The second-order valence-corrected chi connectivity index (χ2v) is 6.58. The first-order valence-electron chi connectivity index (χ1n) is 8.91. The molecule has 28 heavy (non-hydrogen) atoms. The molecule has 0 radical (unpaired) electrons. The number of benzene rings is 3. The molecule has 0 unspecified atom stereocenters. The second kappa shape index (κ2) is 8.15. The number of hydrogen-bond donors (Lipinski definition) is 1. The fourth-order valence-corrected chi connectivity index (χ4v) is 3.20. The average molecular weight is 392 g/mol. The van der Waals surface area contributed by atoms with E-state index in [9.17, 15) is 4.79 Å². The molecule has 3 aromatic carbocycles. The van der Waals surface area contributed by atoms with Crippen LogP contribution in [0.1, 0.15) is 10.4 Å². The van der Waals surface area contributed by atoms with Crippen LogP contribution in [0, 0.1) is 0 Å². The van der Waals surface area contributed by atoms with Crippen LogP contribution in [0.2, 0.25) is 5.02 Å². The predicted molar refractivity (Wildman–Crippen MR) is 111 cm³/mol. The van der Waals surface area contributed by atoms with E-state index in [0.29, 0.717) is 29.7 Å². The highest BCUT2D eigenvalue weighted by atomic mass is 35.5. The molecule has 4 aromatic rings. The Kier molecular flexibility index (Phi) is 5.26. The number of rotatable bonds is 6. The molecular weight excluding hydrogens is 374 g/mol. The fraction of sp³-hybridized carbons (Fsp3) is 0.0909. The van der Waals surface area contributed by atoms with Gasteiger partial charge < -0.3 is 9.30 Å². The summed E-state index contributed by atoms with van der Waals surface area (Å²) in [5, 5.41) is 3.28. The Hall–Kier alpha value is -3.31. The maximum Gasteiger partial charge on any atom is 0.259 e. The topological polar surface area (TPSA) is 56.2 Å². The highest BCUT2D eigenvalue weighted by molar-refractivity contribution is 6.34. The van der Waals surface area contributed by atoms with Crippen LogP contribution in [0.3, 0.4) is 0 Å². The van der Waals surface area contributed by atoms with Gasteiger partial charge in [0.05, 0.1) is 28.2 Å². The highest BCUT2D eigenvalue weighted by Gasteiger charge is 2.16. The van der Waals surface area contributed by atoms with E-state index in [4.69, 9.17) is 16.3 Å². The number of hydrogen-bond acceptors (Lipinski definition) is 3. The molecule has 1 heterocycles. The zero-order valence-corrected chi connectivity index (χ0v) is 15.8. The number of imidazole rings is 1. The molecule has 0 aliphatic carbocycles. The van der Waals surface area contributed by atoms with Crippen molar-refractivity contribution in [2.45, 2.75) is 6.54 Å². The lowest BCUT2D eigenvalue weighted by molar-refractivity contribution is 0.102. The van der Waals surface area contributed by atoms with Crippen LogP contribution in [0.15, 0.2) is 78.9 Å². The van der Waals surface area contributed by atoms with Crippen molar-refractivity contribution in [2.75, 3.05) is 11.9 Å². The molecule has 0 aliphatic heterocycles. The molecular formula is C22H18ClN3O2. The van der Waals surface area contributed by atoms with Crippen LogP contribution in [-0.4, -0.2) is 22.1 Å². The molecule has 6 heteroatoms. The number of fused-ring (bicyclic) bond motifs is 1. The molecule has 0 spiro atoms. The van der Waals surface area contributed by atoms with Crippen molar-refractivity contribution >= 4 is 34.5 Å². The van der Waals surface area contributed by atoms with Crippen LogP contribution in [-0.2, 0) is 6.54 Å². The van der Waals surface area contributed by atoms with Gasteiger partial charge in [-0.15, -0.1) is 0 Å². The lowest BCUT2D eigenvalue weighted by atomic mass is 10.2. The predicted octanol–water partition coefficient (Wildman–Crippen LogP) is 5.02. The number of amides is 1. The van der Waals surface area contributed by atoms with Gasteiger partial charge in [-0.05, 0) is 36.4 Å². The van der Waals surface area contributed by atoms with E-state index in [2.05, 4.69) is 10.3 Å². The average Bonchev–Trinajstić information content (AvgIpc) is 3.06. The van der Waals surface area contributed by atoms with Gasteiger partial charge in [-0.2, -0.15) is 0 Å². The van der Waals surface area contributed by atoms with E-state index in [1.54, 1.807) is 24.3 Å². The van der Waals surface area contributed by atoms with E-state index < -0.39 is 0 Å². The van der Waals surface area contributed by atoms with Crippen LogP contribution in [0.5, 0.6) is 5.75 Å². The molecule has 0 fully saturated rings. The number of para-hydroxylation sites is 3. The quantitative estimate of drug-likeness (QED) is 0.502. The van der Waals surface area contributed by atoms with Crippen molar-refractivity contribution in [1.82, 2.24) is 9.55 Å². The number of aromatic nitrogens is 2. The summed E-state index contributed by atoms with van der Waals surface area (Å²) in [5.74, 6) is 0.961. The lowest BCUT2D eigenvalue weighted by Gasteiger charge is -2.12. The minimum absolute atomic E-state index is 0.300. The number of anilines is 1. The Balaban J connectivity index is 1.58. The Morgan fingerprint density at radius 1 is 0.964 bits per heavy atom. The molecule has 5 nitrogen and oxygen atoms in total. The van der Waals surface area contributed by atoms with Gasteiger partial charge in [-0.3, -0.25) is 10.1 Å². The van der Waals surface area contributed by atoms with Crippen molar-refractivity contribution in [3.63, 3.8) is 0 Å². The lowest BCUT2D eigenvalue weighted by Crippen LogP contribution is -2.18. The first-order valence-corrected chi connectivity index (χ1v) is 9.29. The van der Waals surface area contributed by atoms with Crippen LogP contribution >= 0.6 is 11.6 Å². The zero-order valence-electron chi connectivity index (χ0n) is 15.0. The van der Waals surface area contributed by atoms with Gasteiger partial charge in [0.15, 0.2) is 0 Å². The highest BCUT2D eigenvalue weighted by Crippen LogP contribution is 2.22. The van der Waals surface area contributed by atoms with E-state index >= 15 is 0 Å². The van der Waals surface area contributed by atoms with Crippen LogP contribution in [0.4, 0.5) is 5.95 Å². The van der Waals surface area contributed by atoms with Crippen LogP contribution < -0.4 is 10.1 Å². The van der Waals surface area contributed by atoms with Gasteiger partial charge in [-0.1, -0.05) is 54.1 Å². The van der Waals surface area contributed by atoms with Crippen molar-refractivity contribution in [3.8, 4) is 5.75 Å². The summed E-state index contributed by atoms with van der Waals surface area (Å²) in [6, 6.07) is 24.3. The number of nitrogens with one attached hydrogen (secondary N) is 1. The number of ether oxygens (including phenoxy) is 1. The first kappa shape index (κ1) is 18.1. The van der Waals surface area contributed by atoms with E-state index in [1.165, 1.54) is 0 Å². The van der Waals surface area contributed by atoms with Gasteiger partial charge in [0.25, 0.3) is 5.91 Å². The number of halogens is 1. The van der Waals surface area contributed by atoms with E-state index in [1.807, 2.05) is 59.2 Å². The maximum atomic E-state index is 12.7. The molecule has 0 aliphatic rings. The summed E-state index contributed by atoms with van der Waals surface area (Å²) in [4.78, 5) is 17.2. The number of nitrogens with zero attached hydrogens (tertiary/aromatic N) is 2. The third-order valence-electron chi connectivity index (χ3n) is 4.33. The molecule has 0 bridgehead atoms. The molecule has 0 saturated carbocycles. The summed E-state index contributed by atoms with van der Waals surface area (Å²) in [5.41, 5.74) is 2.13. The molecule has 4 rings (SSSR count). The maximum absolute atomic E-state index is 12.7. The Morgan fingerprint density at radius 3 is 2.50 bits per heavy atom. The van der Waals surface area contributed by atoms with Crippen molar-refractivity contribution in [1.29, 1.82) is 0 Å². The SMILES string of the molecule is O=C(Nc1nc2ccccc2n1CCOc1ccccc1)c1ccccc1Cl. The molecule has 140 valence electrons. The molecule has 0 atom stereocenters. The van der Waals surface area contributed by atoms with E-state index in [0.717, 1.165) is 16.8 Å². The van der Waals surface area contributed by atoms with Crippen LogP contribution in [0.25, 0.3) is 11.0 Å². The summed E-state index contributed by atoms with van der Waals surface area (Å²) in [7, 11) is 0. The zero-order chi connectivity index (χ0) is 19.3. The third-order valence-corrected chi connectivity index (χ3v) is 4.65. The standard InChI is InChI=1S/C22H18ClN3O2/c23-18-11-5-4-10-17(18)21(27)25-22-24-19-12-6-7-13-20(19)26(22)14-15-28-16-8-2-1-3-9-16/h1-13H,14-15H2,(H,24,25,27). The Morgan fingerprint density at radius 2 is 1.68 bits per heavy atom. The van der Waals surface area contributed by atoms with Gasteiger partial charge in [0.1, 0.15) is 12.4 Å². The molecule has 0 saturated heterocycles. The molecule has 1 N–H and O–H groups in total. The number of carbonyl (C=O) groups excluding carboxylic acids is 1. The van der Waals surface area contributed by atoms with Crippen molar-refractivity contribution in [2.24, 2.45) is 0 Å². The monoisotopic (exact) mass is 391 g/mol. The normalized spacial score (nSPS) is 10.8. The Labute approximate surface area is 167 Å². The minimum Gasteiger partial charge on any atom is -0.492 e. The summed E-state index contributed by atoms with van der Waals surface area (Å²) < 4.78 is 7.75. The fourth-order valence-electron chi connectivity index (χ4n) is 2.98. The number of carbonyl (C=O) groups is 1. The molecule has 1 aromatic heterocycles. The summed E-state index contributed by atoms with van der Waals surface area (Å²) in [6.07, 6.45) is 0. The van der Waals surface area contributed by atoms with Gasteiger partial charge >= 0.3 is 0 Å². The van der Waals surface area contributed by atoms with Gasteiger partial charge in [0, 0.05) is 0 Å².